The Morgan fingerprint density at radius 3 is 1.79 bits per heavy atom. The molecule has 0 aromatic heterocycles. The zero-order valence-corrected chi connectivity index (χ0v) is 16.2. The lowest BCUT2D eigenvalue weighted by Gasteiger charge is -2.17. The Morgan fingerprint density at radius 1 is 0.917 bits per heavy atom. The summed E-state index contributed by atoms with van der Waals surface area (Å²) < 4.78 is 15.3. The van der Waals surface area contributed by atoms with Crippen LogP contribution in [0.1, 0.15) is 97.3 Å². The molecule has 3 N–H and O–H groups in total. The third kappa shape index (κ3) is 16.4. The van der Waals surface area contributed by atoms with E-state index in [1.165, 1.54) is 51.4 Å². The second-order valence-corrected chi connectivity index (χ2v) is 7.54. The summed E-state index contributed by atoms with van der Waals surface area (Å²) in [5, 5.41) is 2.51. The highest BCUT2D eigenvalue weighted by atomic mass is 31.2. The van der Waals surface area contributed by atoms with Crippen LogP contribution in [0.4, 0.5) is 0 Å². The Balaban J connectivity index is 3.50. The van der Waals surface area contributed by atoms with E-state index in [9.17, 15) is 9.36 Å². The van der Waals surface area contributed by atoms with E-state index in [0.717, 1.165) is 19.3 Å². The lowest BCUT2D eigenvalue weighted by molar-refractivity contribution is -0.123. The largest absolute Gasteiger partial charge is 0.471 e. The molecule has 0 aliphatic heterocycles. The van der Waals surface area contributed by atoms with Crippen molar-refractivity contribution in [3.05, 3.63) is 0 Å². The maximum Gasteiger partial charge on any atom is 0.471 e. The predicted octanol–water partition coefficient (Wildman–Crippen LogP) is 4.65. The van der Waals surface area contributed by atoms with Gasteiger partial charge in [-0.15, -0.1) is 0 Å². The summed E-state index contributed by atoms with van der Waals surface area (Å²) in [6, 6.07) is 0. The van der Waals surface area contributed by atoms with Gasteiger partial charge < -0.3 is 15.1 Å². The number of phosphoric ester groups is 1. The van der Waals surface area contributed by atoms with E-state index in [2.05, 4.69) is 16.8 Å². The standard InChI is InChI=1S/C17H36NO5P/c1-3-5-6-7-8-9-10-11-12-13-14-15-16(19)18-17(4-2)23-24(20,21)22/h17H,3-15H2,1-2H3,(H,18,19)(H2,20,21,22)/t17-/m0/s1. The van der Waals surface area contributed by atoms with Crippen LogP contribution in [0, 0.1) is 0 Å². The van der Waals surface area contributed by atoms with E-state index in [4.69, 9.17) is 9.79 Å². The van der Waals surface area contributed by atoms with Crippen molar-refractivity contribution < 1.29 is 23.7 Å². The lowest BCUT2D eigenvalue weighted by Crippen LogP contribution is -2.35. The van der Waals surface area contributed by atoms with E-state index < -0.39 is 14.1 Å². The minimum absolute atomic E-state index is 0.216. The number of nitrogens with one attached hydrogen (secondary N) is 1. The van der Waals surface area contributed by atoms with Gasteiger partial charge in [-0.1, -0.05) is 78.1 Å². The van der Waals surface area contributed by atoms with Crippen LogP contribution in [0.5, 0.6) is 0 Å². The van der Waals surface area contributed by atoms with Crippen molar-refractivity contribution in [2.75, 3.05) is 0 Å². The molecule has 1 atom stereocenters. The average Bonchev–Trinajstić information content (AvgIpc) is 2.50. The van der Waals surface area contributed by atoms with E-state index in [0.29, 0.717) is 12.8 Å². The number of carbonyl (C=O) groups excluding carboxylic acids is 1. The molecule has 144 valence electrons. The fourth-order valence-corrected chi connectivity index (χ4v) is 3.10. The summed E-state index contributed by atoms with van der Waals surface area (Å²) >= 11 is 0. The number of carbonyl (C=O) groups is 1. The summed E-state index contributed by atoms with van der Waals surface area (Å²) in [4.78, 5) is 29.2. The molecule has 0 spiro atoms. The fourth-order valence-electron chi connectivity index (χ4n) is 2.57. The molecule has 7 heteroatoms. The second kappa shape index (κ2) is 14.9. The highest BCUT2D eigenvalue weighted by Crippen LogP contribution is 2.37. The van der Waals surface area contributed by atoms with E-state index in [1.807, 2.05) is 0 Å². The van der Waals surface area contributed by atoms with Gasteiger partial charge in [0.2, 0.25) is 5.91 Å². The molecule has 0 rings (SSSR count). The first-order valence-electron chi connectivity index (χ1n) is 9.42. The third-order valence-corrected chi connectivity index (χ3v) is 4.49. The van der Waals surface area contributed by atoms with Crippen molar-refractivity contribution in [3.63, 3.8) is 0 Å². The van der Waals surface area contributed by atoms with Crippen LogP contribution < -0.4 is 5.32 Å². The molecule has 0 aromatic rings. The first kappa shape index (κ1) is 23.6. The van der Waals surface area contributed by atoms with E-state index >= 15 is 0 Å². The summed E-state index contributed by atoms with van der Waals surface area (Å²) in [7, 11) is -4.57. The maximum atomic E-state index is 11.7. The van der Waals surface area contributed by atoms with Crippen LogP contribution in [0.3, 0.4) is 0 Å². The van der Waals surface area contributed by atoms with Crippen LogP contribution in [-0.4, -0.2) is 21.9 Å². The van der Waals surface area contributed by atoms with Crippen molar-refractivity contribution in [1.29, 1.82) is 0 Å². The Labute approximate surface area is 147 Å². The summed E-state index contributed by atoms with van der Waals surface area (Å²) in [5.41, 5.74) is 0. The molecule has 0 aliphatic carbocycles. The topological polar surface area (TPSA) is 95.9 Å². The zero-order chi connectivity index (χ0) is 18.3. The highest BCUT2D eigenvalue weighted by Gasteiger charge is 2.21. The number of unbranched alkanes of at least 4 members (excludes halogenated alkanes) is 10. The molecule has 0 saturated carbocycles. The molecule has 6 nitrogen and oxygen atoms in total. The van der Waals surface area contributed by atoms with Gasteiger partial charge in [-0.05, 0) is 12.8 Å². The van der Waals surface area contributed by atoms with Gasteiger partial charge >= 0.3 is 7.82 Å². The van der Waals surface area contributed by atoms with Crippen molar-refractivity contribution in [2.24, 2.45) is 0 Å². The van der Waals surface area contributed by atoms with Gasteiger partial charge in [0.15, 0.2) is 0 Å². The summed E-state index contributed by atoms with van der Waals surface area (Å²) in [5.74, 6) is -0.216. The molecule has 0 unspecified atom stereocenters. The van der Waals surface area contributed by atoms with Gasteiger partial charge in [-0.25, -0.2) is 4.57 Å². The van der Waals surface area contributed by atoms with Crippen molar-refractivity contribution in [2.45, 2.75) is 104 Å². The Morgan fingerprint density at radius 2 is 1.38 bits per heavy atom. The molecular formula is C17H36NO5P. The lowest BCUT2D eigenvalue weighted by atomic mass is 10.1. The van der Waals surface area contributed by atoms with Gasteiger partial charge in [0.1, 0.15) is 6.23 Å². The smallest absolute Gasteiger partial charge is 0.330 e. The first-order valence-corrected chi connectivity index (χ1v) is 10.9. The zero-order valence-electron chi connectivity index (χ0n) is 15.3. The second-order valence-electron chi connectivity index (χ2n) is 6.35. The van der Waals surface area contributed by atoms with Crippen molar-refractivity contribution in [3.8, 4) is 0 Å². The molecule has 1 amide bonds. The average molecular weight is 365 g/mol. The van der Waals surface area contributed by atoms with Gasteiger partial charge in [0, 0.05) is 6.42 Å². The Hall–Kier alpha value is -0.420. The SMILES string of the molecule is CCCCCCCCCCCCCC(=O)N[C@H](CC)OP(=O)(O)O. The molecule has 0 aromatic carbocycles. The van der Waals surface area contributed by atoms with Crippen molar-refractivity contribution >= 4 is 13.7 Å². The van der Waals surface area contributed by atoms with Gasteiger partial charge in [-0.3, -0.25) is 9.32 Å². The molecule has 0 radical (unpaired) electrons. The number of rotatable bonds is 16. The summed E-state index contributed by atoms with van der Waals surface area (Å²) in [6.07, 6.45) is 13.2. The van der Waals surface area contributed by atoms with Crippen LogP contribution in [-0.2, 0) is 13.9 Å². The Kier molecular flexibility index (Phi) is 14.6. The number of hydrogen-bond acceptors (Lipinski definition) is 3. The molecule has 0 fully saturated rings. The van der Waals surface area contributed by atoms with Crippen LogP contribution in [0.2, 0.25) is 0 Å². The molecule has 0 aliphatic rings. The maximum absolute atomic E-state index is 11.7. The molecule has 24 heavy (non-hydrogen) atoms. The van der Waals surface area contributed by atoms with Gasteiger partial charge in [0.25, 0.3) is 0 Å². The normalized spacial score (nSPS) is 13.0. The van der Waals surface area contributed by atoms with Crippen LogP contribution >= 0.6 is 7.82 Å². The van der Waals surface area contributed by atoms with Crippen molar-refractivity contribution in [1.82, 2.24) is 5.32 Å². The minimum atomic E-state index is -4.57. The van der Waals surface area contributed by atoms with E-state index in [1.54, 1.807) is 6.92 Å². The quantitative estimate of drug-likeness (QED) is 0.210. The fraction of sp³-hybridized carbons (Fsp3) is 0.941. The Bertz CT molecular complexity index is 359. The third-order valence-electron chi connectivity index (χ3n) is 3.96. The minimum Gasteiger partial charge on any atom is -0.330 e. The highest BCUT2D eigenvalue weighted by molar-refractivity contribution is 7.46. The number of amides is 1. The van der Waals surface area contributed by atoms with Crippen LogP contribution in [0.15, 0.2) is 0 Å². The number of hydrogen-bond donors (Lipinski definition) is 3. The molecule has 0 saturated heterocycles. The predicted molar refractivity (Wildman–Crippen MR) is 96.4 cm³/mol. The molecular weight excluding hydrogens is 329 g/mol. The number of phosphoric acid groups is 1. The summed E-state index contributed by atoms with van der Waals surface area (Å²) in [6.45, 7) is 3.93. The monoisotopic (exact) mass is 365 g/mol. The van der Waals surface area contributed by atoms with Gasteiger partial charge in [-0.2, -0.15) is 0 Å². The molecule has 0 bridgehead atoms. The van der Waals surface area contributed by atoms with Gasteiger partial charge in [0.05, 0.1) is 0 Å². The molecule has 0 heterocycles. The first-order chi connectivity index (χ1) is 11.4. The van der Waals surface area contributed by atoms with E-state index in [-0.39, 0.29) is 5.91 Å². The van der Waals surface area contributed by atoms with Crippen LogP contribution in [0.25, 0.3) is 0 Å².